The van der Waals surface area contributed by atoms with Crippen LogP contribution in [0.5, 0.6) is 0 Å². The zero-order valence-corrected chi connectivity index (χ0v) is 15.2. The van der Waals surface area contributed by atoms with E-state index in [4.69, 9.17) is 10.5 Å². The molecule has 1 rings (SSSR count). The van der Waals surface area contributed by atoms with Crippen LogP contribution >= 0.6 is 24.8 Å². The summed E-state index contributed by atoms with van der Waals surface area (Å²) in [5, 5.41) is 2.99. The van der Waals surface area contributed by atoms with Crippen LogP contribution in [0.2, 0.25) is 0 Å². The van der Waals surface area contributed by atoms with Crippen molar-refractivity contribution < 1.29 is 9.53 Å². The van der Waals surface area contributed by atoms with Gasteiger partial charge in [0, 0.05) is 26.2 Å². The van der Waals surface area contributed by atoms with E-state index in [0.29, 0.717) is 12.6 Å². The highest BCUT2D eigenvalue weighted by atomic mass is 35.5. The second-order valence-electron chi connectivity index (χ2n) is 6.41. The van der Waals surface area contributed by atoms with Crippen molar-refractivity contribution in [3.8, 4) is 0 Å². The third-order valence-electron chi connectivity index (χ3n) is 3.81. The van der Waals surface area contributed by atoms with Crippen molar-refractivity contribution in [1.82, 2.24) is 10.2 Å². The molecule has 0 bridgehead atoms. The van der Waals surface area contributed by atoms with E-state index in [-0.39, 0.29) is 36.1 Å². The summed E-state index contributed by atoms with van der Waals surface area (Å²) in [7, 11) is 1.72. The number of likely N-dealkylation sites (tertiary alicyclic amines) is 1. The zero-order chi connectivity index (χ0) is 14.5. The van der Waals surface area contributed by atoms with Crippen LogP contribution in [0.1, 0.15) is 33.6 Å². The molecule has 0 aromatic rings. The molecule has 3 N–H and O–H groups in total. The third kappa shape index (κ3) is 7.66. The number of hydrogen-bond donors (Lipinski definition) is 2. The standard InChI is InChI=1S/C14H29N3O2.2ClH/c1-14(2,3)12(15)13(18)16-10-11-6-5-7-17(11)8-9-19-4;;/h11-12H,5-10,15H2,1-4H3,(H,16,18);2*1H/t11?,12-;;/m1../s1. The Bertz CT molecular complexity index is 298. The van der Waals surface area contributed by atoms with Crippen LogP contribution in [0, 0.1) is 5.41 Å². The molecule has 1 aliphatic rings. The first-order valence-electron chi connectivity index (χ1n) is 7.12. The number of nitrogens with one attached hydrogen (secondary N) is 1. The lowest BCUT2D eigenvalue weighted by atomic mass is 9.87. The first kappa shape index (κ1) is 23.2. The molecule has 2 atom stereocenters. The van der Waals surface area contributed by atoms with E-state index in [9.17, 15) is 4.79 Å². The van der Waals surface area contributed by atoms with Crippen LogP contribution in [-0.2, 0) is 9.53 Å². The van der Waals surface area contributed by atoms with E-state index in [1.807, 2.05) is 20.8 Å². The number of hydrogen-bond acceptors (Lipinski definition) is 4. The van der Waals surface area contributed by atoms with Crippen molar-refractivity contribution >= 4 is 30.7 Å². The molecule has 21 heavy (non-hydrogen) atoms. The number of nitrogens with two attached hydrogens (primary N) is 1. The van der Waals surface area contributed by atoms with Gasteiger partial charge in [0.05, 0.1) is 12.6 Å². The summed E-state index contributed by atoms with van der Waals surface area (Å²) in [6.45, 7) is 9.41. The molecule has 1 unspecified atom stereocenters. The Hall–Kier alpha value is -0.0700. The molecule has 0 saturated carbocycles. The lowest BCUT2D eigenvalue weighted by Gasteiger charge is -2.28. The summed E-state index contributed by atoms with van der Waals surface area (Å²) in [6.07, 6.45) is 2.32. The van der Waals surface area contributed by atoms with Crippen molar-refractivity contribution in [3.05, 3.63) is 0 Å². The van der Waals surface area contributed by atoms with Crippen LogP contribution in [0.4, 0.5) is 0 Å². The maximum Gasteiger partial charge on any atom is 0.237 e. The fourth-order valence-electron chi connectivity index (χ4n) is 2.35. The minimum Gasteiger partial charge on any atom is -0.383 e. The Morgan fingerprint density at radius 1 is 1.43 bits per heavy atom. The molecule has 0 radical (unpaired) electrons. The lowest BCUT2D eigenvalue weighted by Crippen LogP contribution is -2.51. The number of rotatable bonds is 6. The molecule has 0 aromatic carbocycles. The quantitative estimate of drug-likeness (QED) is 0.765. The number of carbonyl (C=O) groups is 1. The predicted molar refractivity (Wildman–Crippen MR) is 91.4 cm³/mol. The van der Waals surface area contributed by atoms with Crippen LogP contribution in [-0.4, -0.2) is 56.2 Å². The Balaban J connectivity index is 0. The normalized spacial score (nSPS) is 20.3. The topological polar surface area (TPSA) is 67.6 Å². The smallest absolute Gasteiger partial charge is 0.237 e. The summed E-state index contributed by atoms with van der Waals surface area (Å²) in [5.74, 6) is -0.0499. The maximum atomic E-state index is 12.0. The van der Waals surface area contributed by atoms with Gasteiger partial charge in [-0.3, -0.25) is 9.69 Å². The number of halogens is 2. The Kier molecular flexibility index (Phi) is 11.7. The molecule has 1 heterocycles. The van der Waals surface area contributed by atoms with E-state index in [0.717, 1.165) is 26.1 Å². The molecule has 1 amide bonds. The first-order chi connectivity index (χ1) is 8.86. The molecule has 1 fully saturated rings. The lowest BCUT2D eigenvalue weighted by molar-refractivity contribution is -0.124. The summed E-state index contributed by atoms with van der Waals surface area (Å²) < 4.78 is 5.11. The van der Waals surface area contributed by atoms with Gasteiger partial charge in [-0.15, -0.1) is 24.8 Å². The van der Waals surface area contributed by atoms with Crippen molar-refractivity contribution in [1.29, 1.82) is 0 Å². The van der Waals surface area contributed by atoms with E-state index in [1.165, 1.54) is 6.42 Å². The molecule has 0 aromatic heterocycles. The van der Waals surface area contributed by atoms with Gasteiger partial charge in [-0.05, 0) is 24.8 Å². The van der Waals surface area contributed by atoms with E-state index >= 15 is 0 Å². The Morgan fingerprint density at radius 3 is 2.57 bits per heavy atom. The van der Waals surface area contributed by atoms with Gasteiger partial charge < -0.3 is 15.8 Å². The van der Waals surface area contributed by atoms with Gasteiger partial charge >= 0.3 is 0 Å². The van der Waals surface area contributed by atoms with Gasteiger partial charge in [-0.25, -0.2) is 0 Å². The number of nitrogens with zero attached hydrogens (tertiary/aromatic N) is 1. The molecule has 5 nitrogen and oxygen atoms in total. The van der Waals surface area contributed by atoms with Gasteiger partial charge in [0.2, 0.25) is 5.91 Å². The number of ether oxygens (including phenoxy) is 1. The summed E-state index contributed by atoms with van der Waals surface area (Å²) in [4.78, 5) is 14.4. The highest BCUT2D eigenvalue weighted by Gasteiger charge is 2.29. The molecular formula is C14H31Cl2N3O2. The summed E-state index contributed by atoms with van der Waals surface area (Å²) in [5.41, 5.74) is 5.75. The zero-order valence-electron chi connectivity index (χ0n) is 13.6. The van der Waals surface area contributed by atoms with Crippen molar-refractivity contribution in [2.75, 3.05) is 33.4 Å². The SMILES string of the molecule is COCCN1CCCC1CNC(=O)[C@@H](N)C(C)(C)C.Cl.Cl. The third-order valence-corrected chi connectivity index (χ3v) is 3.81. The first-order valence-corrected chi connectivity index (χ1v) is 7.12. The fraction of sp³-hybridized carbons (Fsp3) is 0.929. The molecule has 0 spiro atoms. The second kappa shape index (κ2) is 10.6. The van der Waals surface area contributed by atoms with Crippen molar-refractivity contribution in [3.63, 3.8) is 0 Å². The van der Waals surface area contributed by atoms with Crippen LogP contribution < -0.4 is 11.1 Å². The highest BCUT2D eigenvalue weighted by molar-refractivity contribution is 5.85. The Labute approximate surface area is 141 Å². The Morgan fingerprint density at radius 2 is 2.05 bits per heavy atom. The number of amides is 1. The number of carbonyl (C=O) groups excluding carboxylic acids is 1. The van der Waals surface area contributed by atoms with Crippen LogP contribution in [0.15, 0.2) is 0 Å². The fourth-order valence-corrected chi connectivity index (χ4v) is 2.35. The van der Waals surface area contributed by atoms with Crippen LogP contribution in [0.3, 0.4) is 0 Å². The minimum atomic E-state index is -0.457. The average molecular weight is 344 g/mol. The predicted octanol–water partition coefficient (Wildman–Crippen LogP) is 1.43. The second-order valence-corrected chi connectivity index (χ2v) is 6.41. The van der Waals surface area contributed by atoms with E-state index in [2.05, 4.69) is 10.2 Å². The largest absolute Gasteiger partial charge is 0.383 e. The van der Waals surface area contributed by atoms with Gasteiger partial charge in [0.15, 0.2) is 0 Å². The monoisotopic (exact) mass is 343 g/mol. The number of methoxy groups -OCH3 is 1. The molecular weight excluding hydrogens is 313 g/mol. The molecule has 0 aliphatic carbocycles. The highest BCUT2D eigenvalue weighted by Crippen LogP contribution is 2.18. The van der Waals surface area contributed by atoms with Crippen molar-refractivity contribution in [2.45, 2.75) is 45.7 Å². The molecule has 1 aliphatic heterocycles. The minimum absolute atomic E-state index is 0. The summed E-state index contributed by atoms with van der Waals surface area (Å²) in [6, 6.07) is -0.0346. The maximum absolute atomic E-state index is 12.0. The van der Waals surface area contributed by atoms with Crippen LogP contribution in [0.25, 0.3) is 0 Å². The molecule has 1 saturated heterocycles. The summed E-state index contributed by atoms with van der Waals surface area (Å²) >= 11 is 0. The average Bonchev–Trinajstić information content (AvgIpc) is 2.78. The van der Waals surface area contributed by atoms with E-state index < -0.39 is 6.04 Å². The van der Waals surface area contributed by atoms with Gasteiger partial charge in [-0.1, -0.05) is 20.8 Å². The van der Waals surface area contributed by atoms with Gasteiger partial charge in [-0.2, -0.15) is 0 Å². The van der Waals surface area contributed by atoms with Crippen molar-refractivity contribution in [2.24, 2.45) is 11.1 Å². The molecule has 128 valence electrons. The van der Waals surface area contributed by atoms with Gasteiger partial charge in [0.25, 0.3) is 0 Å². The molecule has 7 heteroatoms. The van der Waals surface area contributed by atoms with E-state index in [1.54, 1.807) is 7.11 Å². The van der Waals surface area contributed by atoms with Gasteiger partial charge in [0.1, 0.15) is 0 Å².